The number of carbonyl (C=O) groups is 1. The summed E-state index contributed by atoms with van der Waals surface area (Å²) in [5, 5.41) is 0. The van der Waals surface area contributed by atoms with Crippen molar-refractivity contribution in [2.45, 2.75) is 81.1 Å². The Balaban J connectivity index is 3.02. The van der Waals surface area contributed by atoms with Gasteiger partial charge in [-0.2, -0.15) is 0 Å². The molecular formula is C17H30Cl2O2Si. The molecular weight excluding hydrogens is 335 g/mol. The van der Waals surface area contributed by atoms with Crippen LogP contribution in [0.1, 0.15) is 70.6 Å². The Morgan fingerprint density at radius 3 is 1.82 bits per heavy atom. The zero-order valence-corrected chi connectivity index (χ0v) is 16.1. The van der Waals surface area contributed by atoms with Crippen molar-refractivity contribution in [2.24, 2.45) is 0 Å². The first-order valence-electron chi connectivity index (χ1n) is 8.47. The van der Waals surface area contributed by atoms with Crippen molar-refractivity contribution >= 4 is 38.7 Å². The Morgan fingerprint density at radius 1 is 0.909 bits per heavy atom. The number of halogens is 2. The molecule has 0 spiro atoms. The lowest BCUT2D eigenvalue weighted by atomic mass is 10.1. The molecule has 0 aliphatic heterocycles. The molecule has 0 aromatic heterocycles. The van der Waals surface area contributed by atoms with Crippen LogP contribution < -0.4 is 0 Å². The van der Waals surface area contributed by atoms with E-state index in [1.165, 1.54) is 69.9 Å². The van der Waals surface area contributed by atoms with Gasteiger partial charge in [0.2, 0.25) is 0 Å². The maximum absolute atomic E-state index is 10.8. The minimum atomic E-state index is -0.314. The molecule has 0 N–H and O–H groups in total. The standard InChI is InChI=1S/C17H30Cl2O2Si/c1-2-16(20)21-14-12-10-8-6-4-3-5-7-9-11-13-15-22-17(18)19/h2,17H,1,3-15H2. The highest BCUT2D eigenvalue weighted by atomic mass is 35.5. The van der Waals surface area contributed by atoms with Crippen molar-refractivity contribution in [2.75, 3.05) is 6.61 Å². The Morgan fingerprint density at radius 2 is 1.36 bits per heavy atom. The van der Waals surface area contributed by atoms with Crippen LogP contribution in [0.5, 0.6) is 0 Å². The second-order valence-corrected chi connectivity index (χ2v) is 8.83. The fourth-order valence-corrected chi connectivity index (χ4v) is 3.59. The Kier molecular flexibility index (Phi) is 17.4. The van der Waals surface area contributed by atoms with Crippen molar-refractivity contribution in [1.29, 1.82) is 0 Å². The smallest absolute Gasteiger partial charge is 0.330 e. The van der Waals surface area contributed by atoms with E-state index in [1.54, 1.807) is 0 Å². The van der Waals surface area contributed by atoms with E-state index in [-0.39, 0.29) is 10.4 Å². The van der Waals surface area contributed by atoms with Gasteiger partial charge in [-0.1, -0.05) is 76.8 Å². The van der Waals surface area contributed by atoms with Gasteiger partial charge >= 0.3 is 5.97 Å². The first-order chi connectivity index (χ1) is 10.7. The topological polar surface area (TPSA) is 26.3 Å². The molecule has 0 aliphatic carbocycles. The van der Waals surface area contributed by atoms with E-state index in [0.717, 1.165) is 12.8 Å². The normalized spacial score (nSPS) is 10.9. The predicted molar refractivity (Wildman–Crippen MR) is 98.0 cm³/mol. The molecule has 0 saturated carbocycles. The lowest BCUT2D eigenvalue weighted by Crippen LogP contribution is -2.01. The van der Waals surface area contributed by atoms with Crippen molar-refractivity contribution in [3.05, 3.63) is 12.7 Å². The maximum atomic E-state index is 10.8. The van der Waals surface area contributed by atoms with Crippen LogP contribution in [0.3, 0.4) is 0 Å². The second kappa shape index (κ2) is 17.4. The van der Waals surface area contributed by atoms with E-state index in [2.05, 4.69) is 6.58 Å². The first-order valence-corrected chi connectivity index (χ1v) is 10.6. The van der Waals surface area contributed by atoms with E-state index < -0.39 is 0 Å². The van der Waals surface area contributed by atoms with Gasteiger partial charge in [-0.15, -0.1) is 23.2 Å². The third-order valence-corrected chi connectivity index (χ3v) is 5.41. The monoisotopic (exact) mass is 364 g/mol. The summed E-state index contributed by atoms with van der Waals surface area (Å²) in [6, 6.07) is 1.18. The van der Waals surface area contributed by atoms with Gasteiger partial charge in [0.05, 0.1) is 20.6 Å². The van der Waals surface area contributed by atoms with E-state index >= 15 is 0 Å². The van der Waals surface area contributed by atoms with Crippen molar-refractivity contribution in [1.82, 2.24) is 0 Å². The summed E-state index contributed by atoms with van der Waals surface area (Å²) >= 11 is 11.4. The molecule has 0 aromatic carbocycles. The highest BCUT2D eigenvalue weighted by Gasteiger charge is 1.99. The van der Waals surface area contributed by atoms with Crippen LogP contribution in [0.25, 0.3) is 0 Å². The quantitative estimate of drug-likeness (QED) is 0.112. The molecule has 0 aromatic rings. The van der Waals surface area contributed by atoms with Crippen molar-refractivity contribution in [3.63, 3.8) is 0 Å². The average molecular weight is 365 g/mol. The fourth-order valence-electron chi connectivity index (χ4n) is 2.26. The summed E-state index contributed by atoms with van der Waals surface area (Å²) in [5.74, 6) is -0.314. The lowest BCUT2D eigenvalue weighted by Gasteiger charge is -2.04. The molecule has 0 aliphatic rings. The van der Waals surface area contributed by atoms with Crippen LogP contribution in [0.2, 0.25) is 6.04 Å². The molecule has 128 valence electrons. The van der Waals surface area contributed by atoms with E-state index in [4.69, 9.17) is 27.9 Å². The number of carbonyl (C=O) groups excluding carboxylic acids is 1. The molecule has 22 heavy (non-hydrogen) atoms. The van der Waals surface area contributed by atoms with E-state index in [1.807, 2.05) is 0 Å². The maximum Gasteiger partial charge on any atom is 0.330 e. The van der Waals surface area contributed by atoms with Gasteiger partial charge in [0.15, 0.2) is 0 Å². The van der Waals surface area contributed by atoms with Crippen molar-refractivity contribution < 1.29 is 9.53 Å². The molecule has 0 atom stereocenters. The fraction of sp³-hybridized carbons (Fsp3) is 0.824. The van der Waals surface area contributed by atoms with Gasteiger partial charge in [0, 0.05) is 6.08 Å². The van der Waals surface area contributed by atoms with Gasteiger partial charge in [-0.25, -0.2) is 4.79 Å². The van der Waals surface area contributed by atoms with E-state index in [0.29, 0.717) is 16.1 Å². The van der Waals surface area contributed by atoms with E-state index in [9.17, 15) is 4.79 Å². The molecule has 0 saturated heterocycles. The summed E-state index contributed by atoms with van der Waals surface area (Å²) in [4.78, 5) is 10.8. The van der Waals surface area contributed by atoms with Crippen LogP contribution in [0, 0.1) is 0 Å². The van der Waals surface area contributed by atoms with Gasteiger partial charge in [0.25, 0.3) is 0 Å². The Bertz CT molecular complexity index is 273. The minimum absolute atomic E-state index is 0.158. The van der Waals surface area contributed by atoms with Crippen molar-refractivity contribution in [3.8, 4) is 0 Å². The zero-order chi connectivity index (χ0) is 16.5. The van der Waals surface area contributed by atoms with Crippen LogP contribution >= 0.6 is 23.2 Å². The third-order valence-electron chi connectivity index (χ3n) is 3.53. The number of unbranched alkanes of at least 4 members (excludes halogenated alkanes) is 10. The molecule has 2 nitrogen and oxygen atoms in total. The number of ether oxygens (including phenoxy) is 1. The number of hydrogen-bond donors (Lipinski definition) is 0. The molecule has 0 unspecified atom stereocenters. The van der Waals surface area contributed by atoms with Crippen LogP contribution in [0.4, 0.5) is 0 Å². The molecule has 2 radical (unpaired) electrons. The summed E-state index contributed by atoms with van der Waals surface area (Å²) in [7, 11) is 0.697. The SMILES string of the molecule is C=CC(=O)OCCCCCCCCCCCCC[Si]C(Cl)Cl. The molecule has 0 heterocycles. The van der Waals surface area contributed by atoms with Gasteiger partial charge in [0.1, 0.15) is 0 Å². The van der Waals surface area contributed by atoms with Gasteiger partial charge in [-0.05, 0) is 6.42 Å². The predicted octanol–water partition coefficient (Wildman–Crippen LogP) is 5.89. The highest BCUT2D eigenvalue weighted by molar-refractivity contribution is 6.68. The molecule has 5 heteroatoms. The number of esters is 1. The second-order valence-electron chi connectivity index (χ2n) is 5.52. The number of hydrogen-bond acceptors (Lipinski definition) is 2. The molecule has 0 bridgehead atoms. The molecule has 0 fully saturated rings. The minimum Gasteiger partial charge on any atom is -0.463 e. The summed E-state index contributed by atoms with van der Waals surface area (Å²) in [5.41, 5.74) is 0. The number of alkyl halides is 2. The number of rotatable bonds is 16. The molecule has 0 rings (SSSR count). The van der Waals surface area contributed by atoms with Crippen LogP contribution in [0.15, 0.2) is 12.7 Å². The lowest BCUT2D eigenvalue weighted by molar-refractivity contribution is -0.137. The summed E-state index contributed by atoms with van der Waals surface area (Å²) in [6.45, 7) is 3.89. The summed E-state index contributed by atoms with van der Waals surface area (Å²) < 4.78 is 4.77. The van der Waals surface area contributed by atoms with Crippen LogP contribution in [-0.2, 0) is 9.53 Å². The molecule has 0 amide bonds. The van der Waals surface area contributed by atoms with Crippen LogP contribution in [-0.4, -0.2) is 26.6 Å². The zero-order valence-electron chi connectivity index (χ0n) is 13.6. The first kappa shape index (κ1) is 22.0. The Hall–Kier alpha value is 0.00688. The summed E-state index contributed by atoms with van der Waals surface area (Å²) in [6.07, 6.45) is 15.2. The Labute approximate surface area is 148 Å². The highest BCUT2D eigenvalue weighted by Crippen LogP contribution is 2.13. The largest absolute Gasteiger partial charge is 0.463 e. The van der Waals surface area contributed by atoms with Gasteiger partial charge in [-0.3, -0.25) is 0 Å². The average Bonchev–Trinajstić information content (AvgIpc) is 2.50. The third kappa shape index (κ3) is 18.1. The van der Waals surface area contributed by atoms with Gasteiger partial charge < -0.3 is 4.74 Å².